The van der Waals surface area contributed by atoms with Crippen LogP contribution in [0.5, 0.6) is 0 Å². The molecule has 0 saturated heterocycles. The van der Waals surface area contributed by atoms with Crippen molar-refractivity contribution in [3.05, 3.63) is 11.7 Å². The highest BCUT2D eigenvalue weighted by Gasteiger charge is 2.33. The van der Waals surface area contributed by atoms with Crippen molar-refractivity contribution in [2.75, 3.05) is 6.61 Å². The summed E-state index contributed by atoms with van der Waals surface area (Å²) in [6, 6.07) is 0. The number of alkyl halides is 3. The third kappa shape index (κ3) is 5.18. The van der Waals surface area contributed by atoms with Crippen molar-refractivity contribution >= 4 is 5.97 Å². The molecule has 5 nitrogen and oxygen atoms in total. The Kier molecular flexibility index (Phi) is 5.52. The summed E-state index contributed by atoms with van der Waals surface area (Å²) in [4.78, 5) is 15.5. The molecule has 114 valence electrons. The van der Waals surface area contributed by atoms with Gasteiger partial charge in [0.15, 0.2) is 5.82 Å². The minimum Gasteiger partial charge on any atom is -0.465 e. The summed E-state index contributed by atoms with van der Waals surface area (Å²) >= 11 is 0. The van der Waals surface area contributed by atoms with Crippen LogP contribution in [0.1, 0.15) is 44.8 Å². The molecule has 8 heteroatoms. The van der Waals surface area contributed by atoms with Gasteiger partial charge in [0.2, 0.25) is 5.89 Å². The summed E-state index contributed by atoms with van der Waals surface area (Å²) in [6.07, 6.45) is -5.33. The number of nitrogens with zero attached hydrogens (tertiary/aromatic N) is 2. The van der Waals surface area contributed by atoms with Crippen LogP contribution < -0.4 is 0 Å². The molecule has 0 radical (unpaired) electrons. The number of hydrogen-bond acceptors (Lipinski definition) is 5. The maximum absolute atomic E-state index is 12.2. The number of carbonyl (C=O) groups excluding carboxylic acids is 1. The first-order chi connectivity index (χ1) is 9.23. The van der Waals surface area contributed by atoms with Gasteiger partial charge < -0.3 is 9.26 Å². The second-order valence-corrected chi connectivity index (χ2v) is 4.77. The fourth-order valence-corrected chi connectivity index (χ4v) is 1.67. The van der Waals surface area contributed by atoms with E-state index in [1.165, 1.54) is 0 Å². The molecule has 1 heterocycles. The highest BCUT2D eigenvalue weighted by Crippen LogP contribution is 2.26. The second kappa shape index (κ2) is 6.71. The lowest BCUT2D eigenvalue weighted by Crippen LogP contribution is -2.18. The minimum atomic E-state index is -4.42. The Hall–Kier alpha value is -1.60. The first-order valence-electron chi connectivity index (χ1n) is 6.28. The van der Waals surface area contributed by atoms with Gasteiger partial charge in [-0.3, -0.25) is 4.79 Å². The van der Waals surface area contributed by atoms with Gasteiger partial charge in [0.25, 0.3) is 0 Å². The molecule has 0 aliphatic rings. The second-order valence-electron chi connectivity index (χ2n) is 4.77. The molecule has 1 rings (SSSR count). The highest BCUT2D eigenvalue weighted by atomic mass is 19.4. The van der Waals surface area contributed by atoms with Crippen LogP contribution in [-0.4, -0.2) is 28.9 Å². The maximum atomic E-state index is 12.2. The number of rotatable bonds is 6. The largest absolute Gasteiger partial charge is 0.465 e. The molecule has 1 aromatic rings. The van der Waals surface area contributed by atoms with Gasteiger partial charge >= 0.3 is 12.1 Å². The molecule has 0 fully saturated rings. The topological polar surface area (TPSA) is 65.2 Å². The van der Waals surface area contributed by atoms with E-state index in [2.05, 4.69) is 10.1 Å². The van der Waals surface area contributed by atoms with Crippen molar-refractivity contribution in [2.45, 2.75) is 45.7 Å². The van der Waals surface area contributed by atoms with E-state index in [1.807, 2.05) is 13.8 Å². The summed E-state index contributed by atoms with van der Waals surface area (Å²) in [5.74, 6) is -1.88. The third-order valence-corrected chi connectivity index (χ3v) is 2.42. The number of halogens is 3. The van der Waals surface area contributed by atoms with Crippen LogP contribution >= 0.6 is 0 Å². The molecule has 1 atom stereocenters. The molecule has 0 bridgehead atoms. The lowest BCUT2D eigenvalue weighted by atomic mass is 9.97. The van der Waals surface area contributed by atoms with E-state index in [0.717, 1.165) is 0 Å². The number of hydrogen-bond donors (Lipinski definition) is 0. The number of ether oxygens (including phenoxy) is 1. The van der Waals surface area contributed by atoms with E-state index >= 15 is 0 Å². The Bertz CT molecular complexity index is 443. The van der Waals surface area contributed by atoms with Gasteiger partial charge in [-0.05, 0) is 19.3 Å². The summed E-state index contributed by atoms with van der Waals surface area (Å²) in [7, 11) is 0. The molecule has 0 amide bonds. The zero-order chi connectivity index (χ0) is 15.3. The predicted octanol–water partition coefficient (Wildman–Crippen LogP) is 2.87. The van der Waals surface area contributed by atoms with Crippen LogP contribution in [0.25, 0.3) is 0 Å². The van der Waals surface area contributed by atoms with Crippen LogP contribution in [0.4, 0.5) is 13.2 Å². The van der Waals surface area contributed by atoms with Gasteiger partial charge in [-0.2, -0.15) is 18.2 Å². The molecule has 20 heavy (non-hydrogen) atoms. The summed E-state index contributed by atoms with van der Waals surface area (Å²) in [5, 5.41) is 3.26. The van der Waals surface area contributed by atoms with E-state index in [-0.39, 0.29) is 18.4 Å². The minimum absolute atomic E-state index is 0.127. The Balaban J connectivity index is 2.88. The summed E-state index contributed by atoms with van der Waals surface area (Å²) in [6.45, 7) is 5.57. The SMILES string of the molecule is CCOC(=O)C(CC(C)C)c1nc(CC(F)(F)F)no1. The fraction of sp³-hybridized carbons (Fsp3) is 0.750. The number of esters is 1. The molecule has 0 N–H and O–H groups in total. The van der Waals surface area contributed by atoms with Crippen LogP contribution in [0.15, 0.2) is 4.52 Å². The molecular formula is C12H17F3N2O3. The van der Waals surface area contributed by atoms with Gasteiger partial charge in [-0.25, -0.2) is 0 Å². The molecule has 0 aliphatic carbocycles. The van der Waals surface area contributed by atoms with E-state index in [4.69, 9.17) is 9.26 Å². The van der Waals surface area contributed by atoms with E-state index < -0.39 is 30.3 Å². The van der Waals surface area contributed by atoms with Crippen LogP contribution in [0, 0.1) is 5.92 Å². The Morgan fingerprint density at radius 3 is 2.55 bits per heavy atom. The first kappa shape index (κ1) is 16.5. The summed E-state index contributed by atoms with van der Waals surface area (Å²) < 4.78 is 46.3. The van der Waals surface area contributed by atoms with Crippen molar-refractivity contribution in [3.8, 4) is 0 Å². The van der Waals surface area contributed by atoms with E-state index in [1.54, 1.807) is 6.92 Å². The lowest BCUT2D eigenvalue weighted by Gasteiger charge is -2.13. The van der Waals surface area contributed by atoms with Gasteiger partial charge in [-0.15, -0.1) is 0 Å². The average Bonchev–Trinajstić information content (AvgIpc) is 2.71. The van der Waals surface area contributed by atoms with Crippen molar-refractivity contribution < 1.29 is 27.2 Å². The fourth-order valence-electron chi connectivity index (χ4n) is 1.67. The standard InChI is InChI=1S/C12H17F3N2O3/c1-4-19-11(18)8(5-7(2)3)10-16-9(17-20-10)6-12(13,14)15/h7-8H,4-6H2,1-3H3. The monoisotopic (exact) mass is 294 g/mol. The Labute approximate surface area is 114 Å². The van der Waals surface area contributed by atoms with Gasteiger partial charge in [0, 0.05) is 0 Å². The van der Waals surface area contributed by atoms with Crippen molar-refractivity contribution in [3.63, 3.8) is 0 Å². The van der Waals surface area contributed by atoms with E-state index in [9.17, 15) is 18.0 Å². The molecule has 0 aromatic carbocycles. The molecule has 0 aliphatic heterocycles. The van der Waals surface area contributed by atoms with Gasteiger partial charge in [0.1, 0.15) is 12.3 Å². The third-order valence-electron chi connectivity index (χ3n) is 2.42. The molecule has 1 unspecified atom stereocenters. The van der Waals surface area contributed by atoms with Crippen LogP contribution in [0.2, 0.25) is 0 Å². The summed E-state index contributed by atoms with van der Waals surface area (Å²) in [5.41, 5.74) is 0. The lowest BCUT2D eigenvalue weighted by molar-refractivity contribution is -0.146. The molecule has 0 saturated carbocycles. The van der Waals surface area contributed by atoms with Gasteiger partial charge in [0.05, 0.1) is 6.61 Å². The molecule has 0 spiro atoms. The zero-order valence-electron chi connectivity index (χ0n) is 11.5. The van der Waals surface area contributed by atoms with Crippen molar-refractivity contribution in [2.24, 2.45) is 5.92 Å². The quantitative estimate of drug-likeness (QED) is 0.755. The van der Waals surface area contributed by atoms with Crippen LogP contribution in [0.3, 0.4) is 0 Å². The number of carbonyl (C=O) groups is 1. The van der Waals surface area contributed by atoms with Crippen molar-refractivity contribution in [1.82, 2.24) is 10.1 Å². The smallest absolute Gasteiger partial charge is 0.396 e. The Morgan fingerprint density at radius 1 is 1.40 bits per heavy atom. The maximum Gasteiger partial charge on any atom is 0.396 e. The van der Waals surface area contributed by atoms with Crippen LogP contribution in [-0.2, 0) is 16.0 Å². The average molecular weight is 294 g/mol. The predicted molar refractivity (Wildman–Crippen MR) is 62.9 cm³/mol. The number of aromatic nitrogens is 2. The Morgan fingerprint density at radius 2 is 2.05 bits per heavy atom. The molecular weight excluding hydrogens is 277 g/mol. The van der Waals surface area contributed by atoms with Crippen molar-refractivity contribution in [1.29, 1.82) is 0 Å². The normalized spacial score (nSPS) is 13.6. The van der Waals surface area contributed by atoms with Gasteiger partial charge in [-0.1, -0.05) is 19.0 Å². The zero-order valence-corrected chi connectivity index (χ0v) is 11.5. The van der Waals surface area contributed by atoms with E-state index in [0.29, 0.717) is 6.42 Å². The first-order valence-corrected chi connectivity index (χ1v) is 6.28. The molecule has 1 aromatic heterocycles. The highest BCUT2D eigenvalue weighted by molar-refractivity contribution is 5.76.